The molecule has 9 heteroatoms. The molecule has 0 radical (unpaired) electrons. The van der Waals surface area contributed by atoms with Crippen molar-refractivity contribution in [1.82, 2.24) is 20.8 Å². The maximum absolute atomic E-state index is 12.0. The molecule has 1 unspecified atom stereocenters. The number of nitrogens with zero attached hydrogens (tertiary/aromatic N) is 2. The third kappa shape index (κ3) is 6.74. The van der Waals surface area contributed by atoms with E-state index in [1.54, 1.807) is 25.6 Å². The van der Waals surface area contributed by atoms with Crippen LogP contribution in [0, 0.1) is 0 Å². The van der Waals surface area contributed by atoms with Crippen LogP contribution in [0.15, 0.2) is 42.7 Å². The summed E-state index contributed by atoms with van der Waals surface area (Å²) in [5.74, 6) is 1.17. The van der Waals surface area contributed by atoms with Gasteiger partial charge in [0, 0.05) is 25.6 Å². The molecule has 4 rings (SSSR count). The average Bonchev–Trinajstić information content (AvgIpc) is 3.30. The van der Waals surface area contributed by atoms with Crippen LogP contribution < -0.4 is 20.9 Å². The van der Waals surface area contributed by atoms with Crippen molar-refractivity contribution in [2.24, 2.45) is 0 Å². The molecule has 3 N–H and O–H groups in total. The lowest BCUT2D eigenvalue weighted by molar-refractivity contribution is -0.198. The molecular weight excluding hydrogens is 422 g/mol. The van der Waals surface area contributed by atoms with E-state index in [0.717, 1.165) is 50.9 Å². The van der Waals surface area contributed by atoms with Gasteiger partial charge in [0.2, 0.25) is 0 Å². The highest BCUT2D eigenvalue weighted by atomic mass is 16.8. The summed E-state index contributed by atoms with van der Waals surface area (Å²) in [5, 5.41) is 7.02. The second-order valence-corrected chi connectivity index (χ2v) is 8.40. The van der Waals surface area contributed by atoms with Crippen LogP contribution in [0.3, 0.4) is 0 Å². The number of benzene rings is 1. The molecule has 2 fully saturated rings. The monoisotopic (exact) mass is 453 g/mol. The van der Waals surface area contributed by atoms with E-state index in [1.807, 2.05) is 12.1 Å². The Balaban J connectivity index is 1.32. The van der Waals surface area contributed by atoms with Crippen molar-refractivity contribution in [3.8, 4) is 5.75 Å². The summed E-state index contributed by atoms with van der Waals surface area (Å²) in [6.07, 6.45) is 10.6. The number of nitrogens with one attached hydrogen (secondary N) is 3. The Kier molecular flexibility index (Phi) is 7.87. The van der Waals surface area contributed by atoms with Gasteiger partial charge in [-0.15, -0.1) is 0 Å². The Bertz CT molecular complexity index is 938. The molecule has 3 heterocycles. The van der Waals surface area contributed by atoms with Gasteiger partial charge in [0.15, 0.2) is 6.29 Å². The molecule has 1 amide bonds. The highest BCUT2D eigenvalue weighted by Crippen LogP contribution is 2.26. The number of hydrogen-bond acceptors (Lipinski definition) is 8. The Labute approximate surface area is 193 Å². The normalized spacial score (nSPS) is 22.9. The van der Waals surface area contributed by atoms with Crippen molar-refractivity contribution in [1.29, 1.82) is 0 Å². The van der Waals surface area contributed by atoms with Crippen molar-refractivity contribution < 1.29 is 19.1 Å². The summed E-state index contributed by atoms with van der Waals surface area (Å²) in [4.78, 5) is 26.1. The second kappa shape index (κ2) is 11.2. The minimum atomic E-state index is -0.379. The van der Waals surface area contributed by atoms with Crippen molar-refractivity contribution in [2.75, 3.05) is 32.1 Å². The summed E-state index contributed by atoms with van der Waals surface area (Å²) in [5.41, 5.74) is 4.01. The van der Waals surface area contributed by atoms with Crippen LogP contribution in [0.5, 0.6) is 5.75 Å². The molecule has 0 spiro atoms. The first-order chi connectivity index (χ1) is 16.1. The van der Waals surface area contributed by atoms with Gasteiger partial charge in [-0.2, -0.15) is 0 Å². The van der Waals surface area contributed by atoms with Gasteiger partial charge >= 0.3 is 0 Å². The maximum Gasteiger partial charge on any atom is 0.267 e. The van der Waals surface area contributed by atoms with Crippen LogP contribution in [0.4, 0.5) is 5.82 Å². The van der Waals surface area contributed by atoms with Crippen molar-refractivity contribution >= 4 is 17.8 Å². The molecule has 2 aliphatic heterocycles. The number of carbonyl (C=O) groups is 1. The molecule has 2 aliphatic rings. The third-order valence-electron chi connectivity index (χ3n) is 5.82. The summed E-state index contributed by atoms with van der Waals surface area (Å²) in [7, 11) is 1.68. The highest BCUT2D eigenvalue weighted by Gasteiger charge is 2.34. The molecule has 0 bridgehead atoms. The number of carbonyl (C=O) groups excluding carboxylic acids is 1. The Morgan fingerprint density at radius 2 is 2.27 bits per heavy atom. The lowest BCUT2D eigenvalue weighted by Gasteiger charge is -2.30. The van der Waals surface area contributed by atoms with E-state index in [9.17, 15) is 4.79 Å². The molecule has 2 atom stereocenters. The van der Waals surface area contributed by atoms with Crippen molar-refractivity contribution in [3.63, 3.8) is 0 Å². The zero-order valence-electron chi connectivity index (χ0n) is 18.9. The molecule has 9 nitrogen and oxygen atoms in total. The van der Waals surface area contributed by atoms with E-state index in [1.165, 1.54) is 11.6 Å². The number of hydrogen-bond donors (Lipinski definition) is 3. The van der Waals surface area contributed by atoms with Gasteiger partial charge in [0.1, 0.15) is 11.6 Å². The SMILES string of the molecule is COc1cccc(C[C@@]2(Nc3cnc(/C=C/C(=O)NOC4CCCCO4)cn3)CCNC2)c1. The van der Waals surface area contributed by atoms with E-state index in [4.69, 9.17) is 14.3 Å². The topological polar surface area (TPSA) is 107 Å². The minimum Gasteiger partial charge on any atom is -0.497 e. The smallest absolute Gasteiger partial charge is 0.267 e. The van der Waals surface area contributed by atoms with Gasteiger partial charge < -0.3 is 20.1 Å². The van der Waals surface area contributed by atoms with E-state index in [2.05, 4.69) is 38.2 Å². The molecule has 0 aliphatic carbocycles. The van der Waals surface area contributed by atoms with Gasteiger partial charge in [0.25, 0.3) is 5.91 Å². The lowest BCUT2D eigenvalue weighted by atomic mass is 9.89. The van der Waals surface area contributed by atoms with Crippen molar-refractivity contribution in [3.05, 3.63) is 54.0 Å². The summed E-state index contributed by atoms with van der Waals surface area (Å²) in [6, 6.07) is 8.13. The van der Waals surface area contributed by atoms with Crippen molar-refractivity contribution in [2.45, 2.75) is 43.9 Å². The predicted octanol–water partition coefficient (Wildman–Crippen LogP) is 2.46. The van der Waals surface area contributed by atoms with Crippen LogP contribution in [0.1, 0.15) is 36.9 Å². The van der Waals surface area contributed by atoms with E-state index in [-0.39, 0.29) is 17.7 Å². The summed E-state index contributed by atoms with van der Waals surface area (Å²) >= 11 is 0. The van der Waals surface area contributed by atoms with E-state index < -0.39 is 0 Å². The van der Waals surface area contributed by atoms with Crippen LogP contribution >= 0.6 is 0 Å². The first-order valence-electron chi connectivity index (χ1n) is 11.3. The number of rotatable bonds is 9. The molecule has 1 aromatic carbocycles. The largest absolute Gasteiger partial charge is 0.497 e. The summed E-state index contributed by atoms with van der Waals surface area (Å²) in [6.45, 7) is 2.43. The number of amides is 1. The number of aromatic nitrogens is 2. The molecule has 2 aromatic rings. The predicted molar refractivity (Wildman–Crippen MR) is 124 cm³/mol. The maximum atomic E-state index is 12.0. The molecule has 33 heavy (non-hydrogen) atoms. The van der Waals surface area contributed by atoms with Crippen LogP contribution in [0.2, 0.25) is 0 Å². The molecule has 0 saturated carbocycles. The lowest BCUT2D eigenvalue weighted by Crippen LogP contribution is -2.43. The van der Waals surface area contributed by atoms with Gasteiger partial charge in [-0.3, -0.25) is 9.78 Å². The third-order valence-corrected chi connectivity index (χ3v) is 5.82. The fourth-order valence-corrected chi connectivity index (χ4v) is 4.10. The zero-order chi connectivity index (χ0) is 22.9. The highest BCUT2D eigenvalue weighted by molar-refractivity contribution is 5.90. The Morgan fingerprint density at radius 1 is 1.33 bits per heavy atom. The quantitative estimate of drug-likeness (QED) is 0.393. The van der Waals surface area contributed by atoms with Crippen LogP contribution in [-0.2, 0) is 20.8 Å². The number of hydroxylamine groups is 1. The zero-order valence-corrected chi connectivity index (χ0v) is 18.9. The Hall–Kier alpha value is -3.01. The number of ether oxygens (including phenoxy) is 2. The Morgan fingerprint density at radius 3 is 3.00 bits per heavy atom. The molecule has 2 saturated heterocycles. The van der Waals surface area contributed by atoms with Gasteiger partial charge in [0.05, 0.1) is 30.7 Å². The minimum absolute atomic E-state index is 0.156. The second-order valence-electron chi connectivity index (χ2n) is 8.40. The van der Waals surface area contributed by atoms with Gasteiger partial charge in [-0.05, 0) is 56.0 Å². The first kappa shape index (κ1) is 23.2. The van der Waals surface area contributed by atoms with E-state index >= 15 is 0 Å². The van der Waals surface area contributed by atoms with Gasteiger partial charge in [-0.1, -0.05) is 12.1 Å². The van der Waals surface area contributed by atoms with Gasteiger partial charge in [-0.25, -0.2) is 15.3 Å². The fraction of sp³-hybridized carbons (Fsp3) is 0.458. The number of anilines is 1. The fourth-order valence-electron chi connectivity index (χ4n) is 4.10. The standard InChI is InChI=1S/C24H31N5O4/c1-31-20-6-4-5-18(13-20)14-24(10-11-25-17-24)28-21-16-26-19(15-27-21)8-9-22(30)29-33-23-7-2-3-12-32-23/h4-6,8-9,13,15-16,23,25H,2-3,7,10-12,14,17H2,1H3,(H,27,28)(H,29,30)/b9-8+/t23?,24-/m0/s1. The average molecular weight is 454 g/mol. The van der Waals surface area contributed by atoms with Crippen LogP contribution in [0.25, 0.3) is 6.08 Å². The summed E-state index contributed by atoms with van der Waals surface area (Å²) < 4.78 is 10.8. The number of methoxy groups -OCH3 is 1. The molecular formula is C24H31N5O4. The molecule has 1 aromatic heterocycles. The first-order valence-corrected chi connectivity index (χ1v) is 11.3. The van der Waals surface area contributed by atoms with Crippen LogP contribution in [-0.4, -0.2) is 54.5 Å². The molecule has 176 valence electrons. The van der Waals surface area contributed by atoms with E-state index in [0.29, 0.717) is 18.1 Å².